The van der Waals surface area contributed by atoms with Gasteiger partial charge in [-0.25, -0.2) is 8.42 Å². The van der Waals surface area contributed by atoms with Crippen LogP contribution in [0.25, 0.3) is 0 Å². The van der Waals surface area contributed by atoms with Crippen molar-refractivity contribution in [1.29, 1.82) is 0 Å². The smallest absolute Gasteiger partial charge is 0.161 e. The summed E-state index contributed by atoms with van der Waals surface area (Å²) in [6.45, 7) is 8.56. The van der Waals surface area contributed by atoms with E-state index in [-0.39, 0.29) is 6.54 Å². The van der Waals surface area contributed by atoms with Crippen molar-refractivity contribution in [2.24, 2.45) is 5.73 Å². The highest BCUT2D eigenvalue weighted by molar-refractivity contribution is 7.94. The van der Waals surface area contributed by atoms with Crippen molar-refractivity contribution in [3.63, 3.8) is 0 Å². The Balaban J connectivity index is 5.16. The van der Waals surface area contributed by atoms with Gasteiger partial charge in [0, 0.05) is 6.54 Å². The molecule has 12 heavy (non-hydrogen) atoms. The van der Waals surface area contributed by atoms with Crippen molar-refractivity contribution in [3.8, 4) is 0 Å². The molecule has 0 spiro atoms. The zero-order chi connectivity index (χ0) is 10.2. The topological polar surface area (TPSA) is 60.2 Å². The molecule has 0 bridgehead atoms. The molecule has 0 aromatic rings. The van der Waals surface area contributed by atoms with Crippen molar-refractivity contribution in [3.05, 3.63) is 0 Å². The Morgan fingerprint density at radius 3 is 1.50 bits per heavy atom. The quantitative estimate of drug-likeness (QED) is 0.710. The minimum atomic E-state index is -3.15. The van der Waals surface area contributed by atoms with E-state index < -0.39 is 19.3 Å². The third-order valence-electron chi connectivity index (χ3n) is 2.03. The molecule has 0 aliphatic carbocycles. The molecule has 0 saturated heterocycles. The van der Waals surface area contributed by atoms with Crippen LogP contribution in [-0.2, 0) is 9.84 Å². The molecule has 0 rings (SSSR count). The molecule has 0 aliphatic rings. The van der Waals surface area contributed by atoms with Crippen LogP contribution in [0.2, 0.25) is 0 Å². The van der Waals surface area contributed by atoms with E-state index in [9.17, 15) is 8.42 Å². The lowest BCUT2D eigenvalue weighted by Gasteiger charge is -2.31. The average Bonchev–Trinajstić information content (AvgIpc) is 1.85. The van der Waals surface area contributed by atoms with E-state index >= 15 is 0 Å². The maximum atomic E-state index is 11.8. The second-order valence-electron chi connectivity index (χ2n) is 4.58. The van der Waals surface area contributed by atoms with Crippen molar-refractivity contribution >= 4 is 9.84 Å². The molecule has 0 fully saturated rings. The van der Waals surface area contributed by atoms with Crippen LogP contribution in [0.5, 0.6) is 0 Å². The minimum Gasteiger partial charge on any atom is -0.329 e. The normalized spacial score (nSPS) is 14.8. The predicted octanol–water partition coefficient (Wildman–Crippen LogP) is 0.937. The van der Waals surface area contributed by atoms with Gasteiger partial charge in [-0.2, -0.15) is 0 Å². The van der Waals surface area contributed by atoms with Gasteiger partial charge in [0.1, 0.15) is 0 Å². The SMILES string of the molecule is CC(C)(C)S(=O)(=O)C(C)(C)CN. The van der Waals surface area contributed by atoms with E-state index in [1.54, 1.807) is 34.6 Å². The van der Waals surface area contributed by atoms with Crippen LogP contribution in [0, 0.1) is 0 Å². The molecule has 74 valence electrons. The van der Waals surface area contributed by atoms with Crippen LogP contribution in [-0.4, -0.2) is 24.5 Å². The fraction of sp³-hybridized carbons (Fsp3) is 1.00. The van der Waals surface area contributed by atoms with Gasteiger partial charge in [0.15, 0.2) is 9.84 Å². The van der Waals surface area contributed by atoms with Crippen LogP contribution in [0.3, 0.4) is 0 Å². The molecule has 0 aromatic carbocycles. The molecule has 0 atom stereocenters. The number of hydrogen-bond acceptors (Lipinski definition) is 3. The molecule has 0 aliphatic heterocycles. The first-order chi connectivity index (χ1) is 5.06. The molecule has 0 radical (unpaired) electrons. The summed E-state index contributed by atoms with van der Waals surface area (Å²) in [5.74, 6) is 0. The first-order valence-electron chi connectivity index (χ1n) is 4.00. The van der Waals surface area contributed by atoms with Gasteiger partial charge in [-0.05, 0) is 34.6 Å². The van der Waals surface area contributed by atoms with Crippen LogP contribution < -0.4 is 5.73 Å². The van der Waals surface area contributed by atoms with E-state index in [1.807, 2.05) is 0 Å². The summed E-state index contributed by atoms with van der Waals surface area (Å²) in [5, 5.41) is 0. The molecule has 2 N–H and O–H groups in total. The van der Waals surface area contributed by atoms with Gasteiger partial charge in [0.25, 0.3) is 0 Å². The largest absolute Gasteiger partial charge is 0.329 e. The highest BCUT2D eigenvalue weighted by Crippen LogP contribution is 2.27. The Bertz CT molecular complexity index is 247. The molecule has 0 aromatic heterocycles. The Morgan fingerprint density at radius 1 is 1.08 bits per heavy atom. The van der Waals surface area contributed by atoms with E-state index in [2.05, 4.69) is 0 Å². The van der Waals surface area contributed by atoms with Crippen LogP contribution in [0.1, 0.15) is 34.6 Å². The first kappa shape index (κ1) is 11.9. The molecule has 0 saturated carbocycles. The van der Waals surface area contributed by atoms with Crippen LogP contribution in [0.15, 0.2) is 0 Å². The fourth-order valence-electron chi connectivity index (χ4n) is 0.939. The second kappa shape index (κ2) is 3.00. The molecule has 4 heteroatoms. The fourth-order valence-corrected chi connectivity index (χ4v) is 2.82. The maximum absolute atomic E-state index is 11.8. The lowest BCUT2D eigenvalue weighted by atomic mass is 10.2. The Hall–Kier alpha value is -0.0900. The van der Waals surface area contributed by atoms with Gasteiger partial charge in [0.2, 0.25) is 0 Å². The summed E-state index contributed by atoms with van der Waals surface area (Å²) in [7, 11) is -3.15. The third kappa shape index (κ3) is 1.80. The summed E-state index contributed by atoms with van der Waals surface area (Å²) in [6.07, 6.45) is 0. The lowest BCUT2D eigenvalue weighted by Crippen LogP contribution is -2.48. The van der Waals surface area contributed by atoms with Crippen LogP contribution >= 0.6 is 0 Å². The number of rotatable bonds is 2. The Morgan fingerprint density at radius 2 is 1.42 bits per heavy atom. The third-order valence-corrected chi connectivity index (χ3v) is 5.26. The van der Waals surface area contributed by atoms with Gasteiger partial charge in [0.05, 0.1) is 9.49 Å². The molecule has 0 amide bonds. The highest BCUT2D eigenvalue weighted by atomic mass is 32.2. The van der Waals surface area contributed by atoms with E-state index in [1.165, 1.54) is 0 Å². The molecule has 3 nitrogen and oxygen atoms in total. The number of nitrogens with two attached hydrogens (primary N) is 1. The standard InChI is InChI=1S/C8H19NO2S/c1-7(2,3)12(10,11)8(4,5)6-9/h6,9H2,1-5H3. The molecular weight excluding hydrogens is 174 g/mol. The maximum Gasteiger partial charge on any atom is 0.161 e. The summed E-state index contributed by atoms with van der Waals surface area (Å²) in [4.78, 5) is 0. The van der Waals surface area contributed by atoms with Crippen molar-refractivity contribution < 1.29 is 8.42 Å². The number of hydrogen-bond donors (Lipinski definition) is 1. The first-order valence-corrected chi connectivity index (χ1v) is 5.49. The second-order valence-corrected chi connectivity index (χ2v) is 7.92. The van der Waals surface area contributed by atoms with Crippen molar-refractivity contribution in [2.45, 2.75) is 44.1 Å². The monoisotopic (exact) mass is 193 g/mol. The number of sulfone groups is 1. The lowest BCUT2D eigenvalue weighted by molar-refractivity contribution is 0.515. The average molecular weight is 193 g/mol. The Kier molecular flexibility index (Phi) is 2.97. The summed E-state index contributed by atoms with van der Waals surface area (Å²) in [5.41, 5.74) is 5.41. The zero-order valence-corrected chi connectivity index (χ0v) is 9.33. The molecule has 0 unspecified atom stereocenters. The molecule has 0 heterocycles. The van der Waals surface area contributed by atoms with E-state index in [0.717, 1.165) is 0 Å². The van der Waals surface area contributed by atoms with E-state index in [0.29, 0.717) is 0 Å². The van der Waals surface area contributed by atoms with E-state index in [4.69, 9.17) is 5.73 Å². The minimum absolute atomic E-state index is 0.159. The van der Waals surface area contributed by atoms with Crippen LogP contribution in [0.4, 0.5) is 0 Å². The summed E-state index contributed by atoms with van der Waals surface area (Å²) in [6, 6.07) is 0. The summed E-state index contributed by atoms with van der Waals surface area (Å²) < 4.78 is 22.1. The van der Waals surface area contributed by atoms with Gasteiger partial charge < -0.3 is 5.73 Å². The highest BCUT2D eigenvalue weighted by Gasteiger charge is 2.41. The van der Waals surface area contributed by atoms with Gasteiger partial charge >= 0.3 is 0 Å². The van der Waals surface area contributed by atoms with Crippen molar-refractivity contribution in [1.82, 2.24) is 0 Å². The van der Waals surface area contributed by atoms with Gasteiger partial charge in [-0.3, -0.25) is 0 Å². The Labute approximate surface area is 75.3 Å². The van der Waals surface area contributed by atoms with Gasteiger partial charge in [-0.1, -0.05) is 0 Å². The van der Waals surface area contributed by atoms with Crippen molar-refractivity contribution in [2.75, 3.05) is 6.54 Å². The summed E-state index contributed by atoms with van der Waals surface area (Å²) >= 11 is 0. The van der Waals surface area contributed by atoms with Gasteiger partial charge in [-0.15, -0.1) is 0 Å². The zero-order valence-electron chi connectivity index (χ0n) is 8.51. The molecular formula is C8H19NO2S. The predicted molar refractivity (Wildman–Crippen MR) is 51.8 cm³/mol.